The number of nitrogens with zero attached hydrogens (tertiary/aromatic N) is 3. The molecule has 1 aliphatic rings. The Bertz CT molecular complexity index is 697. The molecule has 2 atom stereocenters. The van der Waals surface area contributed by atoms with Crippen molar-refractivity contribution in [2.45, 2.75) is 45.7 Å². The van der Waals surface area contributed by atoms with Crippen LogP contribution in [0.15, 0.2) is 17.6 Å². The number of aromatic amines is 1. The molecule has 1 aromatic rings. The van der Waals surface area contributed by atoms with E-state index in [1.807, 2.05) is 32.9 Å². The van der Waals surface area contributed by atoms with E-state index in [4.69, 9.17) is 4.98 Å². The second-order valence-electron chi connectivity index (χ2n) is 6.00. The number of hydrogen-bond acceptors (Lipinski definition) is 4. The summed E-state index contributed by atoms with van der Waals surface area (Å²) in [6, 6.07) is -0.0494. The van der Waals surface area contributed by atoms with Crippen molar-refractivity contribution in [2.75, 3.05) is 13.1 Å². The zero-order valence-corrected chi connectivity index (χ0v) is 14.2. The van der Waals surface area contributed by atoms with Crippen molar-refractivity contribution in [1.29, 1.82) is 0 Å². The Hall–Kier alpha value is -2.01. The Balaban J connectivity index is 2.31. The predicted octanol–water partition coefficient (Wildman–Crippen LogP) is 1.36. The van der Waals surface area contributed by atoms with Gasteiger partial charge in [-0.15, -0.1) is 0 Å². The summed E-state index contributed by atoms with van der Waals surface area (Å²) in [6.07, 6.45) is 8.74. The minimum atomic E-state index is -0.191. The molecule has 0 saturated carbocycles. The molecular formula is C18H26N4O. The van der Waals surface area contributed by atoms with Gasteiger partial charge in [-0.1, -0.05) is 18.7 Å². The summed E-state index contributed by atoms with van der Waals surface area (Å²) < 4.78 is 0. The number of likely N-dealkylation sites (tertiary alicyclic amines) is 1. The first-order valence-electron chi connectivity index (χ1n) is 8.14. The molecule has 2 unspecified atom stereocenters. The normalized spacial score (nSPS) is 21.4. The smallest absolute Gasteiger partial charge is 0.139 e. The number of H-pyrrole nitrogens is 1. The SMILES string of the molecule is C=CC=c1[nH]c(C2CCCN2C(C=O)CN=C(C)C)nc1=CC. The fraction of sp³-hybridized carbons (Fsp3) is 0.500. The van der Waals surface area contributed by atoms with Crippen LogP contribution in [0.5, 0.6) is 0 Å². The molecule has 2 rings (SSSR count). The molecule has 124 valence electrons. The quantitative estimate of drug-likeness (QED) is 0.637. The number of hydrogen-bond donors (Lipinski definition) is 1. The number of nitrogens with one attached hydrogen (secondary N) is 1. The molecule has 0 bridgehead atoms. The molecule has 0 radical (unpaired) electrons. The van der Waals surface area contributed by atoms with E-state index >= 15 is 0 Å². The molecule has 1 N–H and O–H groups in total. The minimum absolute atomic E-state index is 0.142. The van der Waals surface area contributed by atoms with E-state index in [2.05, 4.69) is 21.5 Å². The van der Waals surface area contributed by atoms with Gasteiger partial charge in [0, 0.05) is 5.71 Å². The van der Waals surface area contributed by atoms with E-state index in [0.717, 1.165) is 47.9 Å². The van der Waals surface area contributed by atoms with Crippen molar-refractivity contribution in [3.63, 3.8) is 0 Å². The second-order valence-corrected chi connectivity index (χ2v) is 6.00. The minimum Gasteiger partial charge on any atom is -0.341 e. The van der Waals surface area contributed by atoms with E-state index in [9.17, 15) is 4.79 Å². The third-order valence-corrected chi connectivity index (χ3v) is 4.13. The van der Waals surface area contributed by atoms with Crippen LogP contribution >= 0.6 is 0 Å². The lowest BCUT2D eigenvalue weighted by Crippen LogP contribution is -2.38. The fourth-order valence-electron chi connectivity index (χ4n) is 3.02. The van der Waals surface area contributed by atoms with Crippen LogP contribution in [-0.4, -0.2) is 46.0 Å². The Morgan fingerprint density at radius 1 is 1.57 bits per heavy atom. The highest BCUT2D eigenvalue weighted by Gasteiger charge is 2.33. The average molecular weight is 314 g/mol. The van der Waals surface area contributed by atoms with Crippen LogP contribution in [0.25, 0.3) is 12.2 Å². The number of imidazole rings is 1. The molecule has 1 fully saturated rings. The van der Waals surface area contributed by atoms with Gasteiger partial charge in [-0.05, 0) is 46.2 Å². The topological polar surface area (TPSA) is 61.4 Å². The predicted molar refractivity (Wildman–Crippen MR) is 94.8 cm³/mol. The number of carbonyl (C=O) groups excluding carboxylic acids is 1. The summed E-state index contributed by atoms with van der Waals surface area (Å²) in [6.45, 7) is 11.0. The molecule has 0 aromatic carbocycles. The number of rotatable bonds is 6. The van der Waals surface area contributed by atoms with Crippen LogP contribution in [-0.2, 0) is 4.79 Å². The number of aromatic nitrogens is 2. The average Bonchev–Trinajstić information content (AvgIpc) is 3.14. The van der Waals surface area contributed by atoms with Gasteiger partial charge in [-0.2, -0.15) is 0 Å². The van der Waals surface area contributed by atoms with Gasteiger partial charge in [-0.25, -0.2) is 4.98 Å². The van der Waals surface area contributed by atoms with Crippen LogP contribution in [0.2, 0.25) is 0 Å². The van der Waals surface area contributed by atoms with Gasteiger partial charge in [0.1, 0.15) is 12.1 Å². The Labute approximate surface area is 137 Å². The molecule has 1 aromatic heterocycles. The van der Waals surface area contributed by atoms with Gasteiger partial charge in [0.2, 0.25) is 0 Å². The van der Waals surface area contributed by atoms with Crippen molar-refractivity contribution in [2.24, 2.45) is 4.99 Å². The maximum Gasteiger partial charge on any atom is 0.139 e. The summed E-state index contributed by atoms with van der Waals surface area (Å²) in [7, 11) is 0. The monoisotopic (exact) mass is 314 g/mol. The van der Waals surface area contributed by atoms with Gasteiger partial charge >= 0.3 is 0 Å². The van der Waals surface area contributed by atoms with Crippen LogP contribution in [0.4, 0.5) is 0 Å². The first-order valence-corrected chi connectivity index (χ1v) is 8.14. The molecule has 2 heterocycles. The standard InChI is InChI=1S/C18H26N4O/c1-5-8-16-15(6-2)20-18(21-16)17-9-7-10-22(17)14(12-23)11-19-13(3)4/h5-6,8,12,14,17H,1,7,9-11H2,2-4H3,(H,20,21). The molecule has 5 heteroatoms. The van der Waals surface area contributed by atoms with Crippen molar-refractivity contribution in [3.05, 3.63) is 29.2 Å². The Morgan fingerprint density at radius 3 is 2.96 bits per heavy atom. The molecule has 1 aliphatic heterocycles. The number of allylic oxidation sites excluding steroid dienone is 1. The summed E-state index contributed by atoms with van der Waals surface area (Å²) >= 11 is 0. The Morgan fingerprint density at radius 2 is 2.35 bits per heavy atom. The van der Waals surface area contributed by atoms with Gasteiger partial charge in [0.15, 0.2) is 0 Å². The maximum atomic E-state index is 11.5. The summed E-state index contributed by atoms with van der Waals surface area (Å²) in [5.41, 5.74) is 0.997. The summed E-state index contributed by atoms with van der Waals surface area (Å²) in [5, 5.41) is 1.89. The van der Waals surface area contributed by atoms with Crippen LogP contribution in [0.3, 0.4) is 0 Å². The molecular weight excluding hydrogens is 288 g/mol. The van der Waals surface area contributed by atoms with Crippen molar-refractivity contribution >= 4 is 24.1 Å². The number of aliphatic imine (C=N–C) groups is 1. The molecule has 0 aliphatic carbocycles. The zero-order valence-electron chi connectivity index (χ0n) is 14.2. The molecule has 0 amide bonds. The molecule has 5 nitrogen and oxygen atoms in total. The van der Waals surface area contributed by atoms with Gasteiger partial charge in [0.05, 0.1) is 29.3 Å². The Kier molecular flexibility index (Phi) is 6.04. The van der Waals surface area contributed by atoms with E-state index in [1.165, 1.54) is 0 Å². The van der Waals surface area contributed by atoms with E-state index in [0.29, 0.717) is 6.54 Å². The van der Waals surface area contributed by atoms with E-state index in [1.54, 1.807) is 6.08 Å². The van der Waals surface area contributed by atoms with Crippen LogP contribution in [0.1, 0.15) is 45.5 Å². The van der Waals surface area contributed by atoms with Crippen LogP contribution in [0, 0.1) is 0 Å². The largest absolute Gasteiger partial charge is 0.341 e. The van der Waals surface area contributed by atoms with Gasteiger partial charge in [-0.3, -0.25) is 9.89 Å². The highest BCUT2D eigenvalue weighted by atomic mass is 16.1. The third-order valence-electron chi connectivity index (χ3n) is 4.13. The lowest BCUT2D eigenvalue weighted by molar-refractivity contribution is -0.112. The molecule has 0 spiro atoms. The number of aldehydes is 1. The highest BCUT2D eigenvalue weighted by molar-refractivity contribution is 5.79. The van der Waals surface area contributed by atoms with Crippen molar-refractivity contribution in [1.82, 2.24) is 14.9 Å². The number of carbonyl (C=O) groups is 1. The van der Waals surface area contributed by atoms with E-state index in [-0.39, 0.29) is 12.1 Å². The first-order chi connectivity index (χ1) is 11.1. The zero-order chi connectivity index (χ0) is 16.8. The molecule has 1 saturated heterocycles. The van der Waals surface area contributed by atoms with E-state index < -0.39 is 0 Å². The lowest BCUT2D eigenvalue weighted by Gasteiger charge is -2.27. The highest BCUT2D eigenvalue weighted by Crippen LogP contribution is 2.30. The lowest BCUT2D eigenvalue weighted by atomic mass is 10.2. The third kappa shape index (κ3) is 4.05. The molecule has 23 heavy (non-hydrogen) atoms. The fourth-order valence-corrected chi connectivity index (χ4v) is 3.02. The summed E-state index contributed by atoms with van der Waals surface area (Å²) in [5.74, 6) is 0.924. The van der Waals surface area contributed by atoms with Crippen LogP contribution < -0.4 is 10.7 Å². The van der Waals surface area contributed by atoms with Crippen molar-refractivity contribution in [3.8, 4) is 0 Å². The second kappa shape index (κ2) is 8.02. The van der Waals surface area contributed by atoms with Crippen molar-refractivity contribution < 1.29 is 4.79 Å². The maximum absolute atomic E-state index is 11.5. The summed E-state index contributed by atoms with van der Waals surface area (Å²) in [4.78, 5) is 26.3. The first kappa shape index (κ1) is 17.3. The van der Waals surface area contributed by atoms with Gasteiger partial charge < -0.3 is 9.78 Å². The van der Waals surface area contributed by atoms with Gasteiger partial charge in [0.25, 0.3) is 0 Å².